The monoisotopic (exact) mass is 293 g/mol. The molecule has 0 spiro atoms. The number of ether oxygens (including phenoxy) is 3. The molecule has 5 nitrogen and oxygen atoms in total. The Hall–Kier alpha value is -1.59. The summed E-state index contributed by atoms with van der Waals surface area (Å²) in [5, 5.41) is 0. The summed E-state index contributed by atoms with van der Waals surface area (Å²) in [6, 6.07) is 5.20. The molecule has 0 aromatic heterocycles. The Morgan fingerprint density at radius 3 is 2.76 bits per heavy atom. The minimum Gasteiger partial charge on any atom is -0.493 e. The largest absolute Gasteiger partial charge is 0.493 e. The van der Waals surface area contributed by atoms with E-state index in [9.17, 15) is 4.79 Å². The average Bonchev–Trinajstić information content (AvgIpc) is 2.53. The van der Waals surface area contributed by atoms with E-state index in [1.807, 2.05) is 0 Å². The topological polar surface area (TPSA) is 48.0 Å². The average molecular weight is 293 g/mol. The number of hydrogen-bond donors (Lipinski definition) is 0. The van der Waals surface area contributed by atoms with Gasteiger partial charge in [0.1, 0.15) is 6.29 Å². The number of hydrogen-bond acceptors (Lipinski definition) is 5. The Kier molecular flexibility index (Phi) is 6.02. The van der Waals surface area contributed by atoms with Gasteiger partial charge in [0.15, 0.2) is 11.5 Å². The lowest BCUT2D eigenvalue weighted by Crippen LogP contribution is -2.39. The molecule has 1 fully saturated rings. The number of methoxy groups -OCH3 is 1. The van der Waals surface area contributed by atoms with E-state index in [-0.39, 0.29) is 0 Å². The molecule has 0 aliphatic carbocycles. The third-order valence-electron chi connectivity index (χ3n) is 3.52. The van der Waals surface area contributed by atoms with Crippen LogP contribution in [0.2, 0.25) is 0 Å². The summed E-state index contributed by atoms with van der Waals surface area (Å²) in [5.41, 5.74) is 0.584. The summed E-state index contributed by atoms with van der Waals surface area (Å²) in [4.78, 5) is 13.2. The highest BCUT2D eigenvalue weighted by molar-refractivity contribution is 5.76. The van der Waals surface area contributed by atoms with Gasteiger partial charge in [-0.05, 0) is 18.2 Å². The van der Waals surface area contributed by atoms with Crippen molar-refractivity contribution in [3.8, 4) is 11.5 Å². The highest BCUT2D eigenvalue weighted by Crippen LogP contribution is 2.28. The first-order valence-corrected chi connectivity index (χ1v) is 7.29. The summed E-state index contributed by atoms with van der Waals surface area (Å²) in [6.45, 7) is 7.39. The Labute approximate surface area is 125 Å². The zero-order valence-corrected chi connectivity index (χ0v) is 12.7. The SMILES string of the molecule is COc1cc(C=O)ccc1OCC(C)CN1CCOCC1. The first kappa shape index (κ1) is 15.8. The first-order chi connectivity index (χ1) is 10.2. The van der Waals surface area contributed by atoms with Gasteiger partial charge in [-0.3, -0.25) is 9.69 Å². The Balaban J connectivity index is 1.85. The second-order valence-electron chi connectivity index (χ2n) is 5.36. The number of aldehydes is 1. The Bertz CT molecular complexity index is 458. The van der Waals surface area contributed by atoms with E-state index in [0.717, 1.165) is 39.1 Å². The van der Waals surface area contributed by atoms with Crippen molar-refractivity contribution in [1.29, 1.82) is 0 Å². The number of nitrogens with zero attached hydrogens (tertiary/aromatic N) is 1. The van der Waals surface area contributed by atoms with Gasteiger partial charge < -0.3 is 14.2 Å². The summed E-state index contributed by atoms with van der Waals surface area (Å²) >= 11 is 0. The van der Waals surface area contributed by atoms with Crippen LogP contribution < -0.4 is 9.47 Å². The molecule has 0 bridgehead atoms. The number of benzene rings is 1. The molecule has 1 aromatic rings. The van der Waals surface area contributed by atoms with Crippen molar-refractivity contribution in [2.75, 3.05) is 46.6 Å². The standard InChI is InChI=1S/C16H23NO4/c1-13(10-17-5-7-20-8-6-17)12-21-15-4-3-14(11-18)9-16(15)19-2/h3-4,9,11,13H,5-8,10,12H2,1-2H3. The van der Waals surface area contributed by atoms with E-state index in [4.69, 9.17) is 14.2 Å². The number of carbonyl (C=O) groups excluding carboxylic acids is 1. The fraction of sp³-hybridized carbons (Fsp3) is 0.562. The molecule has 0 radical (unpaired) electrons. The van der Waals surface area contributed by atoms with Gasteiger partial charge in [0.2, 0.25) is 0 Å². The number of morpholine rings is 1. The van der Waals surface area contributed by atoms with E-state index >= 15 is 0 Å². The smallest absolute Gasteiger partial charge is 0.161 e. The zero-order chi connectivity index (χ0) is 15.1. The van der Waals surface area contributed by atoms with Crippen molar-refractivity contribution in [1.82, 2.24) is 4.90 Å². The minimum atomic E-state index is 0.415. The molecular weight excluding hydrogens is 270 g/mol. The molecule has 1 aliphatic heterocycles. The van der Waals surface area contributed by atoms with Gasteiger partial charge in [0, 0.05) is 31.1 Å². The second kappa shape index (κ2) is 8.00. The summed E-state index contributed by atoms with van der Waals surface area (Å²) in [6.07, 6.45) is 0.799. The van der Waals surface area contributed by atoms with Crippen LogP contribution in [0.5, 0.6) is 11.5 Å². The summed E-state index contributed by atoms with van der Waals surface area (Å²) in [5.74, 6) is 1.69. The van der Waals surface area contributed by atoms with E-state index in [0.29, 0.717) is 29.6 Å². The molecule has 1 atom stereocenters. The number of rotatable bonds is 7. The third kappa shape index (κ3) is 4.72. The fourth-order valence-electron chi connectivity index (χ4n) is 2.39. The van der Waals surface area contributed by atoms with Crippen LogP contribution in [-0.2, 0) is 4.74 Å². The van der Waals surface area contributed by atoms with Crippen molar-refractivity contribution in [3.63, 3.8) is 0 Å². The molecule has 0 N–H and O–H groups in total. The highest BCUT2D eigenvalue weighted by Gasteiger charge is 2.15. The molecule has 1 saturated heterocycles. The van der Waals surface area contributed by atoms with Crippen molar-refractivity contribution < 1.29 is 19.0 Å². The molecule has 1 unspecified atom stereocenters. The van der Waals surface area contributed by atoms with Crippen LogP contribution in [0.3, 0.4) is 0 Å². The Morgan fingerprint density at radius 2 is 2.10 bits per heavy atom. The van der Waals surface area contributed by atoms with Gasteiger partial charge in [-0.1, -0.05) is 6.92 Å². The lowest BCUT2D eigenvalue weighted by molar-refractivity contribution is 0.0283. The van der Waals surface area contributed by atoms with Gasteiger partial charge >= 0.3 is 0 Å². The first-order valence-electron chi connectivity index (χ1n) is 7.29. The van der Waals surface area contributed by atoms with Crippen LogP contribution in [0.25, 0.3) is 0 Å². The van der Waals surface area contributed by atoms with E-state index < -0.39 is 0 Å². The second-order valence-corrected chi connectivity index (χ2v) is 5.36. The molecule has 0 amide bonds. The van der Waals surface area contributed by atoms with Crippen molar-refractivity contribution >= 4 is 6.29 Å². The molecule has 1 aliphatic rings. The summed E-state index contributed by atoms with van der Waals surface area (Å²) < 4.78 is 16.4. The molecule has 116 valence electrons. The lowest BCUT2D eigenvalue weighted by atomic mass is 10.1. The maximum absolute atomic E-state index is 10.8. The molecular formula is C16H23NO4. The molecule has 5 heteroatoms. The predicted molar refractivity (Wildman–Crippen MR) is 80.3 cm³/mol. The van der Waals surface area contributed by atoms with Crippen LogP contribution in [0.4, 0.5) is 0 Å². The number of carbonyl (C=O) groups is 1. The predicted octanol–water partition coefficient (Wildman–Crippen LogP) is 1.85. The molecule has 21 heavy (non-hydrogen) atoms. The van der Waals surface area contributed by atoms with Crippen molar-refractivity contribution in [2.24, 2.45) is 5.92 Å². The third-order valence-corrected chi connectivity index (χ3v) is 3.52. The van der Waals surface area contributed by atoms with Gasteiger partial charge in [-0.25, -0.2) is 0 Å². The van der Waals surface area contributed by atoms with Crippen LogP contribution >= 0.6 is 0 Å². The van der Waals surface area contributed by atoms with Crippen molar-refractivity contribution in [3.05, 3.63) is 23.8 Å². The normalized spacial score (nSPS) is 17.2. The van der Waals surface area contributed by atoms with Crippen LogP contribution in [0, 0.1) is 5.92 Å². The molecule has 1 heterocycles. The van der Waals surface area contributed by atoms with E-state index in [2.05, 4.69) is 11.8 Å². The quantitative estimate of drug-likeness (QED) is 0.718. The molecule has 1 aromatic carbocycles. The van der Waals surface area contributed by atoms with Crippen LogP contribution in [0.1, 0.15) is 17.3 Å². The maximum Gasteiger partial charge on any atom is 0.161 e. The molecule has 0 saturated carbocycles. The summed E-state index contributed by atoms with van der Waals surface area (Å²) in [7, 11) is 1.58. The van der Waals surface area contributed by atoms with Crippen LogP contribution in [0.15, 0.2) is 18.2 Å². The van der Waals surface area contributed by atoms with Crippen molar-refractivity contribution in [2.45, 2.75) is 6.92 Å². The molecule has 2 rings (SSSR count). The lowest BCUT2D eigenvalue weighted by Gasteiger charge is -2.29. The van der Waals surface area contributed by atoms with E-state index in [1.54, 1.807) is 25.3 Å². The van der Waals surface area contributed by atoms with E-state index in [1.165, 1.54) is 0 Å². The highest BCUT2D eigenvalue weighted by atomic mass is 16.5. The van der Waals surface area contributed by atoms with Gasteiger partial charge in [-0.2, -0.15) is 0 Å². The fourth-order valence-corrected chi connectivity index (χ4v) is 2.39. The van der Waals surface area contributed by atoms with Gasteiger partial charge in [-0.15, -0.1) is 0 Å². The maximum atomic E-state index is 10.8. The van der Waals surface area contributed by atoms with Crippen LogP contribution in [-0.4, -0.2) is 57.8 Å². The van der Waals surface area contributed by atoms with Gasteiger partial charge in [0.05, 0.1) is 26.9 Å². The minimum absolute atomic E-state index is 0.415. The Morgan fingerprint density at radius 1 is 1.33 bits per heavy atom. The van der Waals surface area contributed by atoms with Gasteiger partial charge in [0.25, 0.3) is 0 Å². The zero-order valence-electron chi connectivity index (χ0n) is 12.7.